The van der Waals surface area contributed by atoms with Crippen LogP contribution in [-0.2, 0) is 10.2 Å². The van der Waals surface area contributed by atoms with Gasteiger partial charge in [-0.2, -0.15) is 13.2 Å². The van der Waals surface area contributed by atoms with E-state index >= 15 is 0 Å². The molecule has 1 N–H and O–H groups in total. The maximum Gasteiger partial charge on any atom is 0.472 e. The number of halogens is 3. The van der Waals surface area contributed by atoms with Gasteiger partial charge in [0.25, 0.3) is 0 Å². The van der Waals surface area contributed by atoms with Crippen LogP contribution in [0.5, 0.6) is 0 Å². The Hall–Kier alpha value is -2.50. The van der Waals surface area contributed by atoms with E-state index in [0.29, 0.717) is 12.1 Å². The molecule has 2 aromatic carbocycles. The van der Waals surface area contributed by atoms with Gasteiger partial charge < -0.3 is 0 Å². The van der Waals surface area contributed by atoms with Gasteiger partial charge in [0.2, 0.25) is 0 Å². The number of amides is 1. The molecule has 1 aliphatic rings. The van der Waals surface area contributed by atoms with Gasteiger partial charge in [-0.15, -0.1) is 0 Å². The summed E-state index contributed by atoms with van der Waals surface area (Å²) < 4.78 is 38.5. The van der Waals surface area contributed by atoms with Crippen molar-refractivity contribution in [2.45, 2.75) is 51.2 Å². The lowest BCUT2D eigenvalue weighted by Crippen LogP contribution is -2.62. The van der Waals surface area contributed by atoms with Crippen LogP contribution in [0.1, 0.15) is 43.9 Å². The van der Waals surface area contributed by atoms with E-state index in [0.717, 1.165) is 16.7 Å². The van der Waals surface area contributed by atoms with E-state index in [1.54, 1.807) is 12.1 Å². The van der Waals surface area contributed by atoms with Crippen LogP contribution in [0, 0.1) is 6.92 Å². The van der Waals surface area contributed by atoms with Crippen LogP contribution < -0.4 is 10.4 Å². The highest BCUT2D eigenvalue weighted by Gasteiger charge is 2.48. The zero-order valence-corrected chi connectivity index (χ0v) is 15.8. The first kappa shape index (κ1) is 19.3. The predicted octanol–water partition coefficient (Wildman–Crippen LogP) is 4.88. The molecular formula is C21H23F3N2O. The first-order chi connectivity index (χ1) is 12.4. The Morgan fingerprint density at radius 2 is 1.63 bits per heavy atom. The summed E-state index contributed by atoms with van der Waals surface area (Å²) in [6.45, 7) is 7.79. The first-order valence-corrected chi connectivity index (χ1v) is 8.80. The van der Waals surface area contributed by atoms with Crippen LogP contribution in [0.3, 0.4) is 0 Å². The molecule has 6 heteroatoms. The van der Waals surface area contributed by atoms with Gasteiger partial charge in [-0.1, -0.05) is 55.0 Å². The molecule has 0 aromatic heterocycles. The highest BCUT2D eigenvalue weighted by Crippen LogP contribution is 2.49. The van der Waals surface area contributed by atoms with Gasteiger partial charge in [-0.3, -0.25) is 15.2 Å². The van der Waals surface area contributed by atoms with E-state index in [-0.39, 0.29) is 0 Å². The van der Waals surface area contributed by atoms with Gasteiger partial charge in [-0.25, -0.2) is 0 Å². The van der Waals surface area contributed by atoms with Crippen LogP contribution >= 0.6 is 0 Å². The summed E-state index contributed by atoms with van der Waals surface area (Å²) in [4.78, 5) is 11.6. The average molecular weight is 376 g/mol. The molecule has 27 heavy (non-hydrogen) atoms. The number of carbonyl (C=O) groups is 1. The molecule has 3 nitrogen and oxygen atoms in total. The van der Waals surface area contributed by atoms with Crippen molar-refractivity contribution in [3.05, 3.63) is 65.2 Å². The molecule has 3 rings (SSSR count). The number of para-hydroxylation sites is 1. The lowest BCUT2D eigenvalue weighted by Gasteiger charge is -2.52. The number of nitrogens with one attached hydrogen (secondary N) is 1. The topological polar surface area (TPSA) is 32.3 Å². The SMILES string of the molecule is Cc1ccc(C2(C)CC(C)(C)N(NC(=O)C(F)(F)F)c3ccccc32)cc1. The van der Waals surface area contributed by atoms with Gasteiger partial charge >= 0.3 is 12.1 Å². The van der Waals surface area contributed by atoms with Crippen molar-refractivity contribution in [3.8, 4) is 0 Å². The van der Waals surface area contributed by atoms with E-state index in [1.165, 1.54) is 5.01 Å². The molecule has 0 spiro atoms. The Morgan fingerprint density at radius 1 is 1.04 bits per heavy atom. The van der Waals surface area contributed by atoms with Crippen LogP contribution in [0.15, 0.2) is 48.5 Å². The lowest BCUT2D eigenvalue weighted by atomic mass is 9.65. The number of alkyl halides is 3. The Labute approximate surface area is 157 Å². The van der Waals surface area contributed by atoms with Crippen molar-refractivity contribution in [2.75, 3.05) is 5.01 Å². The molecule has 1 atom stereocenters. The third-order valence-electron chi connectivity index (χ3n) is 5.29. The Kier molecular flexibility index (Phi) is 4.49. The average Bonchev–Trinajstić information content (AvgIpc) is 2.57. The van der Waals surface area contributed by atoms with Gasteiger partial charge in [0.1, 0.15) is 0 Å². The largest absolute Gasteiger partial charge is 0.472 e. The Balaban J connectivity index is 2.12. The van der Waals surface area contributed by atoms with Gasteiger partial charge in [0.15, 0.2) is 0 Å². The highest BCUT2D eigenvalue weighted by molar-refractivity contribution is 5.84. The maximum absolute atomic E-state index is 12.8. The van der Waals surface area contributed by atoms with Crippen molar-refractivity contribution in [1.29, 1.82) is 0 Å². The van der Waals surface area contributed by atoms with Crippen molar-refractivity contribution in [2.24, 2.45) is 0 Å². The molecular weight excluding hydrogens is 353 g/mol. The number of hydrogen-bond acceptors (Lipinski definition) is 2. The number of benzene rings is 2. The summed E-state index contributed by atoms with van der Waals surface area (Å²) in [5, 5.41) is 1.36. The minimum Gasteiger partial charge on any atom is -0.279 e. The molecule has 0 bridgehead atoms. The van der Waals surface area contributed by atoms with E-state index in [2.05, 4.69) is 24.5 Å². The summed E-state index contributed by atoms with van der Waals surface area (Å²) >= 11 is 0. The second-order valence-electron chi connectivity index (χ2n) is 7.98. The minimum absolute atomic E-state index is 0.396. The second kappa shape index (κ2) is 6.29. The molecule has 2 aromatic rings. The number of hydrogen-bond donors (Lipinski definition) is 1. The molecule has 1 heterocycles. The molecule has 1 unspecified atom stereocenters. The van der Waals surface area contributed by atoms with Gasteiger partial charge in [-0.05, 0) is 44.4 Å². The second-order valence-corrected chi connectivity index (χ2v) is 7.98. The first-order valence-electron chi connectivity index (χ1n) is 8.80. The van der Waals surface area contributed by atoms with Crippen molar-refractivity contribution in [1.82, 2.24) is 5.43 Å². The number of hydrazine groups is 1. The molecule has 0 saturated heterocycles. The molecule has 0 aliphatic carbocycles. The zero-order chi connectivity index (χ0) is 20.0. The molecule has 1 amide bonds. The standard InChI is InChI=1S/C21H23F3N2O/c1-14-9-11-15(12-10-14)20(4)13-19(2,3)26(25-18(27)21(22,23)24)17-8-6-5-7-16(17)20/h5-12H,13H2,1-4H3,(H,25,27). The smallest absolute Gasteiger partial charge is 0.279 e. The Bertz CT molecular complexity index is 858. The predicted molar refractivity (Wildman–Crippen MR) is 99.4 cm³/mol. The van der Waals surface area contributed by atoms with E-state index < -0.39 is 23.0 Å². The quantitative estimate of drug-likeness (QED) is 0.810. The van der Waals surface area contributed by atoms with Crippen LogP contribution in [-0.4, -0.2) is 17.6 Å². The number of anilines is 1. The molecule has 0 saturated carbocycles. The maximum atomic E-state index is 12.8. The number of aryl methyl sites for hydroxylation is 1. The van der Waals surface area contributed by atoms with Gasteiger partial charge in [0, 0.05) is 5.41 Å². The monoisotopic (exact) mass is 376 g/mol. The number of nitrogens with zero attached hydrogens (tertiary/aromatic N) is 1. The molecule has 0 fully saturated rings. The van der Waals surface area contributed by atoms with Crippen molar-refractivity contribution < 1.29 is 18.0 Å². The van der Waals surface area contributed by atoms with E-state index in [4.69, 9.17) is 0 Å². The van der Waals surface area contributed by atoms with Crippen molar-refractivity contribution in [3.63, 3.8) is 0 Å². The zero-order valence-electron chi connectivity index (χ0n) is 15.8. The summed E-state index contributed by atoms with van der Waals surface area (Å²) in [5.41, 5.74) is 4.65. The highest BCUT2D eigenvalue weighted by atomic mass is 19.4. The summed E-state index contributed by atoms with van der Waals surface area (Å²) in [5.74, 6) is -1.97. The molecule has 0 radical (unpaired) electrons. The summed E-state index contributed by atoms with van der Waals surface area (Å²) in [7, 11) is 0. The number of rotatable bonds is 2. The summed E-state index contributed by atoms with van der Waals surface area (Å²) in [6, 6.07) is 15.5. The Morgan fingerprint density at radius 3 is 2.22 bits per heavy atom. The summed E-state index contributed by atoms with van der Waals surface area (Å²) in [6.07, 6.45) is -4.40. The third kappa shape index (κ3) is 3.40. The normalized spacial score (nSPS) is 21.5. The number of fused-ring (bicyclic) bond motifs is 1. The number of carbonyl (C=O) groups excluding carboxylic acids is 1. The fraction of sp³-hybridized carbons (Fsp3) is 0.381. The van der Waals surface area contributed by atoms with Crippen LogP contribution in [0.4, 0.5) is 18.9 Å². The van der Waals surface area contributed by atoms with Crippen LogP contribution in [0.2, 0.25) is 0 Å². The fourth-order valence-electron chi connectivity index (χ4n) is 4.06. The fourth-order valence-corrected chi connectivity index (χ4v) is 4.06. The van der Waals surface area contributed by atoms with Gasteiger partial charge in [0.05, 0.1) is 11.2 Å². The third-order valence-corrected chi connectivity index (χ3v) is 5.29. The molecule has 1 aliphatic heterocycles. The van der Waals surface area contributed by atoms with E-state index in [1.807, 2.05) is 45.0 Å². The molecule has 144 valence electrons. The lowest BCUT2D eigenvalue weighted by molar-refractivity contribution is -0.174. The van der Waals surface area contributed by atoms with Crippen molar-refractivity contribution >= 4 is 11.6 Å². The minimum atomic E-state index is -4.94. The van der Waals surface area contributed by atoms with E-state index in [9.17, 15) is 18.0 Å². The van der Waals surface area contributed by atoms with Crippen LogP contribution in [0.25, 0.3) is 0 Å².